The van der Waals surface area contributed by atoms with E-state index in [2.05, 4.69) is 21.2 Å². The molecule has 0 aliphatic heterocycles. The molecule has 0 saturated heterocycles. The summed E-state index contributed by atoms with van der Waals surface area (Å²) >= 11 is 4.37. The van der Waals surface area contributed by atoms with Crippen molar-refractivity contribution < 1.29 is 4.79 Å². The summed E-state index contributed by atoms with van der Waals surface area (Å²) in [5.41, 5.74) is 2.47. The van der Waals surface area contributed by atoms with Crippen LogP contribution in [0.1, 0.15) is 20.9 Å². The van der Waals surface area contributed by atoms with Gasteiger partial charge >= 0.3 is 4.87 Å². The van der Waals surface area contributed by atoms with E-state index in [1.54, 1.807) is 14.0 Å². The van der Waals surface area contributed by atoms with Gasteiger partial charge in [-0.3, -0.25) is 9.59 Å². The molecule has 2 aromatic rings. The number of nitrogens with zero attached hydrogens (tertiary/aromatic N) is 1. The fourth-order valence-corrected chi connectivity index (χ4v) is 3.10. The van der Waals surface area contributed by atoms with Gasteiger partial charge in [0.25, 0.3) is 5.91 Å². The smallest absolute Gasteiger partial charge is 0.307 e. The average molecular weight is 341 g/mol. The van der Waals surface area contributed by atoms with Gasteiger partial charge in [-0.25, -0.2) is 0 Å². The Labute approximate surface area is 123 Å². The van der Waals surface area contributed by atoms with E-state index >= 15 is 0 Å². The number of hydrogen-bond acceptors (Lipinski definition) is 3. The molecule has 0 aliphatic rings. The molecule has 2 rings (SSSR count). The number of carbonyl (C=O) groups excluding carboxylic acids is 1. The topological polar surface area (TPSA) is 51.1 Å². The lowest BCUT2D eigenvalue weighted by molar-refractivity contribution is 0.102. The lowest BCUT2D eigenvalue weighted by Gasteiger charge is -2.07. The molecule has 0 fully saturated rings. The molecule has 0 radical (unpaired) electrons. The fraction of sp³-hybridized carbons (Fsp3) is 0.231. The van der Waals surface area contributed by atoms with Crippen LogP contribution in [0.2, 0.25) is 0 Å². The molecule has 1 amide bonds. The minimum atomic E-state index is -0.259. The van der Waals surface area contributed by atoms with Crippen LogP contribution in [0.15, 0.2) is 27.5 Å². The Morgan fingerprint density at radius 2 is 2.05 bits per heavy atom. The molecule has 0 unspecified atom stereocenters. The van der Waals surface area contributed by atoms with Crippen molar-refractivity contribution in [3.63, 3.8) is 0 Å². The Balaban J connectivity index is 2.31. The first-order valence-corrected chi connectivity index (χ1v) is 7.25. The van der Waals surface area contributed by atoms with E-state index in [9.17, 15) is 9.59 Å². The van der Waals surface area contributed by atoms with Crippen LogP contribution in [0.3, 0.4) is 0 Å². The summed E-state index contributed by atoms with van der Waals surface area (Å²) in [6.07, 6.45) is 0. The van der Waals surface area contributed by atoms with Gasteiger partial charge in [0.15, 0.2) is 0 Å². The second kappa shape index (κ2) is 5.30. The summed E-state index contributed by atoms with van der Waals surface area (Å²) in [4.78, 5) is 24.0. The predicted molar refractivity (Wildman–Crippen MR) is 81.1 cm³/mol. The zero-order valence-electron chi connectivity index (χ0n) is 10.8. The summed E-state index contributed by atoms with van der Waals surface area (Å²) in [6, 6.07) is 5.68. The molecule has 0 bridgehead atoms. The molecular weight excluding hydrogens is 328 g/mol. The van der Waals surface area contributed by atoms with Crippen molar-refractivity contribution in [3.05, 3.63) is 48.5 Å². The molecule has 100 valence electrons. The highest BCUT2D eigenvalue weighted by atomic mass is 79.9. The number of amides is 1. The summed E-state index contributed by atoms with van der Waals surface area (Å²) in [5, 5.41) is 2.81. The third-order valence-electron chi connectivity index (χ3n) is 2.87. The molecule has 1 aromatic heterocycles. The third kappa shape index (κ3) is 2.79. The van der Waals surface area contributed by atoms with Crippen molar-refractivity contribution in [1.82, 2.24) is 4.57 Å². The molecule has 6 heteroatoms. The van der Waals surface area contributed by atoms with Crippen LogP contribution >= 0.6 is 27.3 Å². The first-order valence-electron chi connectivity index (χ1n) is 5.64. The van der Waals surface area contributed by atoms with Crippen LogP contribution in [-0.2, 0) is 7.05 Å². The van der Waals surface area contributed by atoms with Crippen molar-refractivity contribution >= 4 is 38.9 Å². The van der Waals surface area contributed by atoms with Gasteiger partial charge in [0.2, 0.25) is 0 Å². The lowest BCUT2D eigenvalue weighted by atomic mass is 10.2. The highest BCUT2D eigenvalue weighted by molar-refractivity contribution is 9.10. The number of benzene rings is 1. The maximum atomic E-state index is 12.2. The van der Waals surface area contributed by atoms with Gasteiger partial charge in [-0.2, -0.15) is 0 Å². The van der Waals surface area contributed by atoms with Crippen LogP contribution in [-0.4, -0.2) is 10.5 Å². The van der Waals surface area contributed by atoms with Crippen LogP contribution in [0.4, 0.5) is 5.69 Å². The fourth-order valence-electron chi connectivity index (χ4n) is 1.63. The van der Waals surface area contributed by atoms with E-state index in [0.29, 0.717) is 16.3 Å². The molecule has 0 spiro atoms. The molecule has 4 nitrogen and oxygen atoms in total. The first-order chi connectivity index (χ1) is 8.90. The highest BCUT2D eigenvalue weighted by Gasteiger charge is 2.16. The molecular formula is C13H13BrN2O2S. The molecule has 19 heavy (non-hydrogen) atoms. The Morgan fingerprint density at radius 1 is 1.37 bits per heavy atom. The number of aromatic nitrogens is 1. The van der Waals surface area contributed by atoms with Crippen LogP contribution in [0.25, 0.3) is 0 Å². The quantitative estimate of drug-likeness (QED) is 0.913. The minimum absolute atomic E-state index is 0.134. The summed E-state index contributed by atoms with van der Waals surface area (Å²) < 4.78 is 2.30. The first kappa shape index (κ1) is 14.0. The van der Waals surface area contributed by atoms with Gasteiger partial charge in [0, 0.05) is 17.2 Å². The van der Waals surface area contributed by atoms with Gasteiger partial charge in [-0.15, -0.1) is 0 Å². The summed E-state index contributed by atoms with van der Waals surface area (Å²) in [7, 11) is 1.66. The summed E-state index contributed by atoms with van der Waals surface area (Å²) in [5.74, 6) is -0.259. The molecule has 0 atom stereocenters. The van der Waals surface area contributed by atoms with Crippen molar-refractivity contribution in [2.75, 3.05) is 5.32 Å². The monoisotopic (exact) mass is 340 g/mol. The zero-order valence-corrected chi connectivity index (χ0v) is 13.2. The zero-order chi connectivity index (χ0) is 14.2. The maximum absolute atomic E-state index is 12.2. The number of aryl methyl sites for hydroxylation is 1. The van der Waals surface area contributed by atoms with E-state index < -0.39 is 0 Å². The Kier molecular flexibility index (Phi) is 3.91. The Morgan fingerprint density at radius 3 is 2.58 bits per heavy atom. The van der Waals surface area contributed by atoms with Crippen molar-refractivity contribution in [3.8, 4) is 0 Å². The SMILES string of the molecule is Cc1ccc(NC(=O)c2sc(=O)n(C)c2C)c(Br)c1. The van der Waals surface area contributed by atoms with Crippen LogP contribution < -0.4 is 10.2 Å². The lowest BCUT2D eigenvalue weighted by Crippen LogP contribution is -2.13. The van der Waals surface area contributed by atoms with E-state index in [1.807, 2.05) is 25.1 Å². The molecule has 0 saturated carbocycles. The van der Waals surface area contributed by atoms with Crippen molar-refractivity contribution in [2.24, 2.45) is 7.05 Å². The average Bonchev–Trinajstić information content (AvgIpc) is 2.60. The molecule has 1 heterocycles. The number of halogens is 1. The highest BCUT2D eigenvalue weighted by Crippen LogP contribution is 2.24. The Bertz CT molecular complexity index is 703. The minimum Gasteiger partial charge on any atom is -0.320 e. The van der Waals surface area contributed by atoms with E-state index in [1.165, 1.54) is 4.57 Å². The van der Waals surface area contributed by atoms with E-state index in [-0.39, 0.29) is 10.8 Å². The standard InChI is InChI=1S/C13H13BrN2O2S/c1-7-4-5-10(9(14)6-7)15-12(17)11-8(2)16(3)13(18)19-11/h4-6H,1-3H3,(H,15,17). The van der Waals surface area contributed by atoms with Gasteiger partial charge in [0.05, 0.1) is 5.69 Å². The van der Waals surface area contributed by atoms with Gasteiger partial charge in [0.1, 0.15) is 4.88 Å². The number of anilines is 1. The number of rotatable bonds is 2. The van der Waals surface area contributed by atoms with Crippen molar-refractivity contribution in [1.29, 1.82) is 0 Å². The Hall–Kier alpha value is -1.40. The maximum Gasteiger partial charge on any atom is 0.307 e. The van der Waals surface area contributed by atoms with Gasteiger partial charge in [-0.1, -0.05) is 17.4 Å². The number of carbonyl (C=O) groups is 1. The number of thiazole rings is 1. The predicted octanol–water partition coefficient (Wildman–Crippen LogP) is 3.08. The number of nitrogens with one attached hydrogen (secondary N) is 1. The largest absolute Gasteiger partial charge is 0.320 e. The van der Waals surface area contributed by atoms with Crippen molar-refractivity contribution in [2.45, 2.75) is 13.8 Å². The van der Waals surface area contributed by atoms with Crippen LogP contribution in [0, 0.1) is 13.8 Å². The second-order valence-corrected chi connectivity index (χ2v) is 6.09. The summed E-state index contributed by atoms with van der Waals surface area (Å²) in [6.45, 7) is 3.74. The molecule has 0 aliphatic carbocycles. The van der Waals surface area contributed by atoms with Gasteiger partial charge in [-0.05, 0) is 47.5 Å². The third-order valence-corrected chi connectivity index (χ3v) is 4.66. The number of hydrogen-bond donors (Lipinski definition) is 1. The second-order valence-electron chi connectivity index (χ2n) is 4.28. The molecule has 1 aromatic carbocycles. The van der Waals surface area contributed by atoms with E-state index in [4.69, 9.17) is 0 Å². The van der Waals surface area contributed by atoms with Crippen LogP contribution in [0.5, 0.6) is 0 Å². The molecule has 1 N–H and O–H groups in total. The van der Waals surface area contributed by atoms with Gasteiger partial charge < -0.3 is 9.88 Å². The normalized spacial score (nSPS) is 10.5. The van der Waals surface area contributed by atoms with E-state index in [0.717, 1.165) is 21.4 Å².